The van der Waals surface area contributed by atoms with E-state index in [0.717, 1.165) is 44.7 Å². The quantitative estimate of drug-likeness (QED) is 0.785. The van der Waals surface area contributed by atoms with Crippen LogP contribution in [0.3, 0.4) is 0 Å². The molecule has 1 unspecified atom stereocenters. The van der Waals surface area contributed by atoms with E-state index in [2.05, 4.69) is 40.9 Å². The average molecular weight is 387 g/mol. The van der Waals surface area contributed by atoms with Crippen LogP contribution in [-0.4, -0.2) is 62.1 Å². The molecule has 8 nitrogen and oxygen atoms in total. The fourth-order valence-corrected chi connectivity index (χ4v) is 4.57. The van der Waals surface area contributed by atoms with Crippen LogP contribution in [-0.2, 0) is 11.3 Å². The van der Waals surface area contributed by atoms with Crippen molar-refractivity contribution in [2.45, 2.75) is 58.0 Å². The second-order valence-corrected chi connectivity index (χ2v) is 8.71. The first kappa shape index (κ1) is 19.1. The number of amides is 1. The summed E-state index contributed by atoms with van der Waals surface area (Å²) in [7, 11) is 2.15. The number of imidazole rings is 1. The molecule has 1 amide bonds. The molecule has 2 saturated heterocycles. The Morgan fingerprint density at radius 3 is 2.79 bits per heavy atom. The van der Waals surface area contributed by atoms with Gasteiger partial charge in [-0.1, -0.05) is 19.0 Å². The van der Waals surface area contributed by atoms with Crippen molar-refractivity contribution in [2.75, 3.05) is 26.7 Å². The molecule has 28 heavy (non-hydrogen) atoms. The van der Waals surface area contributed by atoms with E-state index in [0.29, 0.717) is 18.9 Å². The molecule has 4 rings (SSSR count). The van der Waals surface area contributed by atoms with Crippen molar-refractivity contribution in [3.05, 3.63) is 30.4 Å². The Hall–Kier alpha value is -2.22. The van der Waals surface area contributed by atoms with Gasteiger partial charge in [-0.05, 0) is 31.7 Å². The summed E-state index contributed by atoms with van der Waals surface area (Å²) < 4.78 is 7.38. The van der Waals surface area contributed by atoms with E-state index >= 15 is 0 Å². The first-order valence-corrected chi connectivity index (χ1v) is 10.2. The van der Waals surface area contributed by atoms with Crippen molar-refractivity contribution < 1.29 is 9.32 Å². The summed E-state index contributed by atoms with van der Waals surface area (Å²) in [5.41, 5.74) is 0.249. The van der Waals surface area contributed by atoms with Gasteiger partial charge in [0.1, 0.15) is 0 Å². The summed E-state index contributed by atoms with van der Waals surface area (Å²) in [6, 6.07) is 0.208. The number of aromatic nitrogens is 4. The smallest absolute Gasteiger partial charge is 0.229 e. The zero-order chi connectivity index (χ0) is 19.7. The molecule has 4 heterocycles. The standard InChI is InChI=1S/C20H30N6O2/c1-15(2)19-22-18(23-28-19)16-12-20(13-24(16)3)5-9-26(10-6-20)17(27)4-8-25-11-7-21-14-25/h7,11,14-16H,4-6,8-10,12-13H2,1-3H3. The molecule has 2 aliphatic rings. The summed E-state index contributed by atoms with van der Waals surface area (Å²) in [6.07, 6.45) is 9.06. The lowest BCUT2D eigenvalue weighted by Crippen LogP contribution is -2.44. The van der Waals surface area contributed by atoms with Gasteiger partial charge in [0.05, 0.1) is 12.4 Å². The average Bonchev–Trinajstić information content (AvgIpc) is 3.41. The molecular weight excluding hydrogens is 356 g/mol. The van der Waals surface area contributed by atoms with Gasteiger partial charge in [0.15, 0.2) is 5.82 Å². The zero-order valence-electron chi connectivity index (χ0n) is 17.0. The highest BCUT2D eigenvalue weighted by atomic mass is 16.5. The van der Waals surface area contributed by atoms with Gasteiger partial charge in [-0.2, -0.15) is 4.98 Å². The lowest BCUT2D eigenvalue weighted by molar-refractivity contribution is -0.133. The van der Waals surface area contributed by atoms with E-state index in [1.54, 1.807) is 12.5 Å². The lowest BCUT2D eigenvalue weighted by Gasteiger charge is -2.39. The van der Waals surface area contributed by atoms with Crippen LogP contribution >= 0.6 is 0 Å². The number of rotatable bonds is 5. The number of nitrogens with zero attached hydrogens (tertiary/aromatic N) is 6. The van der Waals surface area contributed by atoms with Crippen LogP contribution in [0.25, 0.3) is 0 Å². The maximum absolute atomic E-state index is 12.6. The summed E-state index contributed by atoms with van der Waals surface area (Å²) in [4.78, 5) is 25.6. The molecule has 0 N–H and O–H groups in total. The highest BCUT2D eigenvalue weighted by Gasteiger charge is 2.46. The van der Waals surface area contributed by atoms with Crippen LogP contribution in [0.4, 0.5) is 0 Å². The molecule has 0 aromatic carbocycles. The number of hydrogen-bond donors (Lipinski definition) is 0. The van der Waals surface area contributed by atoms with Crippen LogP contribution in [0.1, 0.15) is 63.2 Å². The minimum absolute atomic E-state index is 0.208. The molecular formula is C20H30N6O2. The Kier molecular flexibility index (Phi) is 5.23. The van der Waals surface area contributed by atoms with E-state index in [4.69, 9.17) is 4.52 Å². The molecule has 152 valence electrons. The van der Waals surface area contributed by atoms with E-state index in [9.17, 15) is 4.79 Å². The maximum Gasteiger partial charge on any atom is 0.229 e. The van der Waals surface area contributed by atoms with Crippen molar-refractivity contribution in [2.24, 2.45) is 5.41 Å². The number of aryl methyl sites for hydroxylation is 1. The minimum Gasteiger partial charge on any atom is -0.343 e. The molecule has 2 fully saturated rings. The van der Waals surface area contributed by atoms with Crippen LogP contribution in [0.15, 0.2) is 23.2 Å². The van der Waals surface area contributed by atoms with Crippen molar-refractivity contribution in [3.8, 4) is 0 Å². The Morgan fingerprint density at radius 1 is 1.36 bits per heavy atom. The Balaban J connectivity index is 1.32. The predicted molar refractivity (Wildman–Crippen MR) is 103 cm³/mol. The Labute approximate surface area is 165 Å². The van der Waals surface area contributed by atoms with E-state index in [1.165, 1.54) is 0 Å². The summed E-state index contributed by atoms with van der Waals surface area (Å²) >= 11 is 0. The molecule has 0 aliphatic carbocycles. The second-order valence-electron chi connectivity index (χ2n) is 8.71. The largest absolute Gasteiger partial charge is 0.343 e. The van der Waals surface area contributed by atoms with Gasteiger partial charge in [-0.25, -0.2) is 4.98 Å². The zero-order valence-corrected chi connectivity index (χ0v) is 17.0. The molecule has 0 radical (unpaired) electrons. The van der Waals surface area contributed by atoms with Gasteiger partial charge in [0, 0.05) is 50.9 Å². The molecule has 0 bridgehead atoms. The number of carbonyl (C=O) groups is 1. The third kappa shape index (κ3) is 3.83. The van der Waals surface area contributed by atoms with Crippen LogP contribution in [0.5, 0.6) is 0 Å². The minimum atomic E-state index is 0.208. The monoisotopic (exact) mass is 386 g/mol. The number of likely N-dealkylation sites (tertiary alicyclic amines) is 2. The summed E-state index contributed by atoms with van der Waals surface area (Å²) in [5, 5.41) is 4.24. The van der Waals surface area contributed by atoms with Gasteiger partial charge < -0.3 is 14.0 Å². The van der Waals surface area contributed by atoms with Gasteiger partial charge in [-0.15, -0.1) is 0 Å². The van der Waals surface area contributed by atoms with Crippen LogP contribution in [0.2, 0.25) is 0 Å². The summed E-state index contributed by atoms with van der Waals surface area (Å²) in [6.45, 7) is 7.54. The van der Waals surface area contributed by atoms with Gasteiger partial charge in [0.25, 0.3) is 0 Å². The van der Waals surface area contributed by atoms with Gasteiger partial charge >= 0.3 is 0 Å². The van der Waals surface area contributed by atoms with Crippen molar-refractivity contribution in [1.29, 1.82) is 0 Å². The second kappa shape index (κ2) is 7.66. The first-order chi connectivity index (χ1) is 13.5. The first-order valence-electron chi connectivity index (χ1n) is 10.2. The van der Waals surface area contributed by atoms with Gasteiger partial charge in [0.2, 0.25) is 11.8 Å². The molecule has 1 spiro atoms. The van der Waals surface area contributed by atoms with Gasteiger partial charge in [-0.3, -0.25) is 9.69 Å². The van der Waals surface area contributed by atoms with Crippen LogP contribution in [0, 0.1) is 5.41 Å². The van der Waals surface area contributed by atoms with Crippen molar-refractivity contribution in [1.82, 2.24) is 29.5 Å². The molecule has 2 aromatic rings. The number of piperidine rings is 1. The Bertz CT molecular complexity index is 791. The third-order valence-corrected chi connectivity index (χ3v) is 6.31. The molecule has 2 aromatic heterocycles. The van der Waals surface area contributed by atoms with E-state index in [-0.39, 0.29) is 23.3 Å². The van der Waals surface area contributed by atoms with Crippen molar-refractivity contribution in [3.63, 3.8) is 0 Å². The van der Waals surface area contributed by atoms with E-state index < -0.39 is 0 Å². The van der Waals surface area contributed by atoms with E-state index in [1.807, 2.05) is 15.7 Å². The summed E-state index contributed by atoms with van der Waals surface area (Å²) in [5.74, 6) is 2.01. The van der Waals surface area contributed by atoms with Crippen molar-refractivity contribution >= 4 is 5.91 Å². The topological polar surface area (TPSA) is 80.3 Å². The molecule has 2 aliphatic heterocycles. The SMILES string of the molecule is CC(C)c1nc(C2CC3(CCN(C(=O)CCn4ccnc4)CC3)CN2C)no1. The Morgan fingerprint density at radius 2 is 2.14 bits per heavy atom. The van der Waals surface area contributed by atoms with Crippen LogP contribution < -0.4 is 0 Å². The molecule has 1 atom stereocenters. The lowest BCUT2D eigenvalue weighted by atomic mass is 9.76. The predicted octanol–water partition coefficient (Wildman–Crippen LogP) is 2.47. The fraction of sp³-hybridized carbons (Fsp3) is 0.700. The maximum atomic E-state index is 12.6. The number of carbonyl (C=O) groups excluding carboxylic acids is 1. The number of hydrogen-bond acceptors (Lipinski definition) is 6. The third-order valence-electron chi connectivity index (χ3n) is 6.31. The normalized spacial score (nSPS) is 22.4. The highest BCUT2D eigenvalue weighted by molar-refractivity contribution is 5.76. The highest BCUT2D eigenvalue weighted by Crippen LogP contribution is 2.47. The molecule has 0 saturated carbocycles. The fourth-order valence-electron chi connectivity index (χ4n) is 4.57. The molecule has 8 heteroatoms.